The minimum Gasteiger partial charge on any atom is -0.396 e. The maximum atomic E-state index is 5.91. The van der Waals surface area contributed by atoms with E-state index in [0.29, 0.717) is 20.9 Å². The molecule has 4 N–H and O–H groups in total. The van der Waals surface area contributed by atoms with Crippen LogP contribution in [0, 0.1) is 0 Å². The van der Waals surface area contributed by atoms with Crippen molar-refractivity contribution in [3.05, 3.63) is 27.6 Å². The minimum atomic E-state index is 0.380. The molecule has 3 nitrogen and oxygen atoms in total. The second-order valence-electron chi connectivity index (χ2n) is 2.92. The molecule has 0 amide bonds. The topological polar surface area (TPSA) is 64.9 Å². The van der Waals surface area contributed by atoms with E-state index in [0.717, 1.165) is 11.3 Å². The van der Waals surface area contributed by atoms with Crippen LogP contribution >= 0.6 is 34.5 Å². The lowest BCUT2D eigenvalue weighted by atomic mass is 10.1. The molecule has 0 unspecified atom stereocenters. The highest BCUT2D eigenvalue weighted by Gasteiger charge is 2.08. The number of nitrogens with zero attached hydrogens (tertiary/aromatic N) is 1. The molecule has 0 spiro atoms. The van der Waals surface area contributed by atoms with E-state index in [1.807, 2.05) is 5.38 Å². The highest BCUT2D eigenvalue weighted by atomic mass is 35.5. The zero-order valence-corrected chi connectivity index (χ0v) is 9.83. The number of nitrogens with two attached hydrogens (primary N) is 2. The highest BCUT2D eigenvalue weighted by molar-refractivity contribution is 7.13. The van der Waals surface area contributed by atoms with Crippen molar-refractivity contribution in [1.29, 1.82) is 0 Å². The van der Waals surface area contributed by atoms with Crippen LogP contribution in [0.25, 0.3) is 11.3 Å². The Bertz CT molecular complexity index is 487. The van der Waals surface area contributed by atoms with Gasteiger partial charge in [-0.25, -0.2) is 4.98 Å². The van der Waals surface area contributed by atoms with Crippen molar-refractivity contribution in [2.24, 2.45) is 0 Å². The second-order valence-corrected chi connectivity index (χ2v) is 4.63. The van der Waals surface area contributed by atoms with Crippen LogP contribution in [0.5, 0.6) is 0 Å². The second kappa shape index (κ2) is 3.89. The van der Waals surface area contributed by atoms with E-state index >= 15 is 0 Å². The van der Waals surface area contributed by atoms with Crippen LogP contribution in [0.15, 0.2) is 17.5 Å². The van der Waals surface area contributed by atoms with Crippen LogP contribution in [0.4, 0.5) is 10.8 Å². The first-order valence-corrected chi connectivity index (χ1v) is 5.67. The molecule has 2 rings (SSSR count). The number of nitrogen functional groups attached to an aromatic ring is 2. The molecule has 0 aliphatic rings. The SMILES string of the molecule is Nc1nc(-c2cc(Cl)c(N)c(Cl)c2)cs1. The first kappa shape index (κ1) is 10.5. The van der Waals surface area contributed by atoms with E-state index in [-0.39, 0.29) is 0 Å². The average molecular weight is 260 g/mol. The molecule has 0 aliphatic carbocycles. The summed E-state index contributed by atoms with van der Waals surface area (Å²) in [5, 5.41) is 3.19. The van der Waals surface area contributed by atoms with Gasteiger partial charge >= 0.3 is 0 Å². The van der Waals surface area contributed by atoms with Gasteiger partial charge in [0.25, 0.3) is 0 Å². The van der Waals surface area contributed by atoms with Crippen molar-refractivity contribution in [1.82, 2.24) is 4.98 Å². The molecule has 78 valence electrons. The molecule has 1 aromatic carbocycles. The van der Waals surface area contributed by atoms with E-state index in [4.69, 9.17) is 34.7 Å². The summed E-state index contributed by atoms with van der Waals surface area (Å²) in [6.45, 7) is 0. The van der Waals surface area contributed by atoms with Gasteiger partial charge in [-0.05, 0) is 12.1 Å². The Balaban J connectivity index is 2.55. The molecule has 0 radical (unpaired) electrons. The molecule has 0 atom stereocenters. The van der Waals surface area contributed by atoms with Gasteiger partial charge in [0, 0.05) is 10.9 Å². The number of anilines is 2. The monoisotopic (exact) mass is 259 g/mol. The van der Waals surface area contributed by atoms with Crippen LogP contribution in [0.1, 0.15) is 0 Å². The minimum absolute atomic E-state index is 0.380. The number of benzene rings is 1. The molecule has 0 saturated heterocycles. The highest BCUT2D eigenvalue weighted by Crippen LogP contribution is 2.34. The Morgan fingerprint density at radius 3 is 2.20 bits per heavy atom. The number of hydrogen-bond acceptors (Lipinski definition) is 4. The molecule has 1 aromatic heterocycles. The fourth-order valence-electron chi connectivity index (χ4n) is 1.15. The van der Waals surface area contributed by atoms with Gasteiger partial charge in [-0.1, -0.05) is 23.2 Å². The summed E-state index contributed by atoms with van der Waals surface area (Å²) in [5.74, 6) is 0. The molecule has 15 heavy (non-hydrogen) atoms. The molecular weight excluding hydrogens is 253 g/mol. The number of thiazole rings is 1. The van der Waals surface area contributed by atoms with E-state index < -0.39 is 0 Å². The standard InChI is InChI=1S/C9H7Cl2N3S/c10-5-1-4(2-6(11)8(5)12)7-3-15-9(13)14-7/h1-3H,12H2,(H2,13,14). The van der Waals surface area contributed by atoms with Crippen LogP contribution in [0.3, 0.4) is 0 Å². The van der Waals surface area contributed by atoms with Crippen LogP contribution < -0.4 is 11.5 Å². The fourth-order valence-corrected chi connectivity index (χ4v) is 2.21. The van der Waals surface area contributed by atoms with Gasteiger partial charge in [0.1, 0.15) is 0 Å². The van der Waals surface area contributed by atoms with Crippen LogP contribution in [-0.2, 0) is 0 Å². The number of rotatable bonds is 1. The Kier molecular flexibility index (Phi) is 2.73. The maximum absolute atomic E-state index is 5.91. The van der Waals surface area contributed by atoms with Crippen molar-refractivity contribution < 1.29 is 0 Å². The van der Waals surface area contributed by atoms with Crippen LogP contribution in [-0.4, -0.2) is 4.98 Å². The van der Waals surface area contributed by atoms with Crippen LogP contribution in [0.2, 0.25) is 10.0 Å². The van der Waals surface area contributed by atoms with Crippen molar-refractivity contribution in [3.63, 3.8) is 0 Å². The van der Waals surface area contributed by atoms with Gasteiger partial charge in [0.05, 0.1) is 21.4 Å². The average Bonchev–Trinajstić information content (AvgIpc) is 2.60. The first-order valence-electron chi connectivity index (χ1n) is 4.04. The van der Waals surface area contributed by atoms with Crippen molar-refractivity contribution in [2.45, 2.75) is 0 Å². The van der Waals surface area contributed by atoms with Crippen molar-refractivity contribution in [3.8, 4) is 11.3 Å². The molecule has 0 bridgehead atoms. The number of aromatic nitrogens is 1. The number of halogens is 2. The summed E-state index contributed by atoms with van der Waals surface area (Å²) in [6.07, 6.45) is 0. The van der Waals surface area contributed by atoms with E-state index in [9.17, 15) is 0 Å². The predicted molar refractivity (Wildman–Crippen MR) is 66.4 cm³/mol. The molecule has 2 aromatic rings. The summed E-state index contributed by atoms with van der Waals surface area (Å²) >= 11 is 13.2. The predicted octanol–water partition coefficient (Wildman–Crippen LogP) is 3.28. The smallest absolute Gasteiger partial charge is 0.180 e. The molecule has 0 aliphatic heterocycles. The fraction of sp³-hybridized carbons (Fsp3) is 0. The summed E-state index contributed by atoms with van der Waals surface area (Å²) in [4.78, 5) is 4.13. The third-order valence-electron chi connectivity index (χ3n) is 1.90. The first-order chi connectivity index (χ1) is 7.08. The zero-order chi connectivity index (χ0) is 11.0. The summed E-state index contributed by atoms with van der Waals surface area (Å²) < 4.78 is 0. The lowest BCUT2D eigenvalue weighted by Gasteiger charge is -2.03. The van der Waals surface area contributed by atoms with Crippen molar-refractivity contribution >= 4 is 45.4 Å². The lowest BCUT2D eigenvalue weighted by molar-refractivity contribution is 1.41. The van der Waals surface area contributed by atoms with E-state index in [2.05, 4.69) is 4.98 Å². The Labute approximate surface area is 101 Å². The summed E-state index contributed by atoms with van der Waals surface area (Å²) in [6, 6.07) is 3.44. The quantitative estimate of drug-likeness (QED) is 0.773. The number of hydrogen-bond donors (Lipinski definition) is 2. The normalized spacial score (nSPS) is 10.5. The van der Waals surface area contributed by atoms with Gasteiger partial charge in [-0.2, -0.15) is 0 Å². The molecule has 6 heteroatoms. The zero-order valence-electron chi connectivity index (χ0n) is 7.50. The Morgan fingerprint density at radius 1 is 1.13 bits per heavy atom. The van der Waals surface area contributed by atoms with E-state index in [1.165, 1.54) is 11.3 Å². The van der Waals surface area contributed by atoms with Gasteiger partial charge in [0.15, 0.2) is 5.13 Å². The third-order valence-corrected chi connectivity index (χ3v) is 3.20. The molecular formula is C9H7Cl2N3S. The summed E-state index contributed by atoms with van der Waals surface area (Å²) in [7, 11) is 0. The lowest BCUT2D eigenvalue weighted by Crippen LogP contribution is -1.89. The van der Waals surface area contributed by atoms with Gasteiger partial charge in [-0.15, -0.1) is 11.3 Å². The molecule has 1 heterocycles. The molecule has 0 fully saturated rings. The van der Waals surface area contributed by atoms with E-state index in [1.54, 1.807) is 12.1 Å². The summed E-state index contributed by atoms with van der Waals surface area (Å²) in [5.41, 5.74) is 13.1. The molecule has 0 saturated carbocycles. The van der Waals surface area contributed by atoms with Gasteiger partial charge < -0.3 is 11.5 Å². The Morgan fingerprint density at radius 2 is 1.73 bits per heavy atom. The maximum Gasteiger partial charge on any atom is 0.180 e. The van der Waals surface area contributed by atoms with Crippen molar-refractivity contribution in [2.75, 3.05) is 11.5 Å². The largest absolute Gasteiger partial charge is 0.396 e. The van der Waals surface area contributed by atoms with Gasteiger partial charge in [-0.3, -0.25) is 0 Å². The van der Waals surface area contributed by atoms with Gasteiger partial charge in [0.2, 0.25) is 0 Å². The Hall–Kier alpha value is -0.970. The third kappa shape index (κ3) is 2.02.